The molecule has 1 unspecified atom stereocenters. The first-order chi connectivity index (χ1) is 9.19. The summed E-state index contributed by atoms with van der Waals surface area (Å²) in [6.07, 6.45) is 4.53. The van der Waals surface area contributed by atoms with E-state index >= 15 is 0 Å². The fraction of sp³-hybridized carbons (Fsp3) is 0.562. The van der Waals surface area contributed by atoms with Crippen LogP contribution in [0.5, 0.6) is 0 Å². The number of ketones is 1. The average Bonchev–Trinajstić information content (AvgIpc) is 2.42. The van der Waals surface area contributed by atoms with Crippen LogP contribution in [-0.4, -0.2) is 19.0 Å². The number of ether oxygens (including phenoxy) is 1. The van der Waals surface area contributed by atoms with E-state index in [1.54, 1.807) is 12.1 Å². The number of halogens is 1. The lowest BCUT2D eigenvalue weighted by atomic mass is 10.0. The molecule has 0 spiro atoms. The first kappa shape index (κ1) is 15.8. The van der Waals surface area contributed by atoms with E-state index in [-0.39, 0.29) is 18.0 Å². The Morgan fingerprint density at radius 2 is 2.05 bits per heavy atom. The Kier molecular flexibility index (Phi) is 7.34. The summed E-state index contributed by atoms with van der Waals surface area (Å²) in [6.45, 7) is 4.83. The van der Waals surface area contributed by atoms with Crippen molar-refractivity contribution in [3.63, 3.8) is 0 Å². The minimum atomic E-state index is -0.478. The number of Topliss-reactive ketones (excluding diaryl/α,β-unsaturated/α-hetero) is 1. The van der Waals surface area contributed by atoms with Gasteiger partial charge in [0, 0.05) is 6.61 Å². The van der Waals surface area contributed by atoms with Crippen molar-refractivity contribution in [3.8, 4) is 0 Å². The van der Waals surface area contributed by atoms with Crippen molar-refractivity contribution in [3.05, 3.63) is 35.6 Å². The van der Waals surface area contributed by atoms with Crippen LogP contribution in [0.15, 0.2) is 24.3 Å². The largest absolute Gasteiger partial charge is 0.373 e. The Balaban J connectivity index is 2.36. The smallest absolute Gasteiger partial charge is 0.191 e. The van der Waals surface area contributed by atoms with Crippen molar-refractivity contribution in [1.29, 1.82) is 0 Å². The van der Waals surface area contributed by atoms with Gasteiger partial charge in [0.25, 0.3) is 0 Å². The van der Waals surface area contributed by atoms with Crippen LogP contribution in [-0.2, 0) is 4.74 Å². The van der Waals surface area contributed by atoms with Gasteiger partial charge in [0.05, 0.1) is 5.56 Å². The Labute approximate surface area is 115 Å². The van der Waals surface area contributed by atoms with E-state index < -0.39 is 5.82 Å². The molecule has 0 aliphatic heterocycles. The predicted octanol–water partition coefficient (Wildman–Crippen LogP) is 4.24. The monoisotopic (exact) mass is 266 g/mol. The molecule has 0 aliphatic carbocycles. The molecule has 0 heterocycles. The second-order valence-corrected chi connectivity index (χ2v) is 4.83. The highest BCUT2D eigenvalue weighted by molar-refractivity contribution is 5.97. The number of hydrogen-bond acceptors (Lipinski definition) is 2. The topological polar surface area (TPSA) is 26.3 Å². The minimum absolute atomic E-state index is 0.0381. The average molecular weight is 266 g/mol. The second kappa shape index (κ2) is 8.81. The molecular formula is C16H23FO2. The number of unbranched alkanes of at least 4 members (excludes halogenated alkanes) is 1. The quantitative estimate of drug-likeness (QED) is 0.625. The van der Waals surface area contributed by atoms with Crippen LogP contribution >= 0.6 is 0 Å². The molecule has 1 rings (SSSR count). The second-order valence-electron chi connectivity index (χ2n) is 4.83. The van der Waals surface area contributed by atoms with Crippen LogP contribution in [0.1, 0.15) is 49.9 Å². The van der Waals surface area contributed by atoms with Gasteiger partial charge in [0.2, 0.25) is 0 Å². The molecule has 0 amide bonds. The zero-order chi connectivity index (χ0) is 14.1. The van der Waals surface area contributed by atoms with Crippen molar-refractivity contribution in [1.82, 2.24) is 0 Å². The van der Waals surface area contributed by atoms with Gasteiger partial charge in [-0.25, -0.2) is 4.39 Å². The molecule has 2 nitrogen and oxygen atoms in total. The first-order valence-electron chi connectivity index (χ1n) is 7.04. The van der Waals surface area contributed by atoms with Gasteiger partial charge in [0.1, 0.15) is 12.4 Å². The molecule has 19 heavy (non-hydrogen) atoms. The van der Waals surface area contributed by atoms with Crippen molar-refractivity contribution >= 4 is 5.78 Å². The lowest BCUT2D eigenvalue weighted by molar-refractivity contribution is 0.0655. The molecule has 0 aromatic heterocycles. The van der Waals surface area contributed by atoms with Crippen molar-refractivity contribution in [2.45, 2.75) is 39.5 Å². The maximum Gasteiger partial charge on any atom is 0.191 e. The summed E-state index contributed by atoms with van der Waals surface area (Å²) >= 11 is 0. The summed E-state index contributed by atoms with van der Waals surface area (Å²) in [5, 5.41) is 0. The Morgan fingerprint density at radius 1 is 1.32 bits per heavy atom. The van der Waals surface area contributed by atoms with Gasteiger partial charge >= 0.3 is 0 Å². The first-order valence-corrected chi connectivity index (χ1v) is 7.04. The molecule has 1 aromatic carbocycles. The highest BCUT2D eigenvalue weighted by Crippen LogP contribution is 2.13. The fourth-order valence-corrected chi connectivity index (χ4v) is 1.98. The highest BCUT2D eigenvalue weighted by atomic mass is 19.1. The lowest BCUT2D eigenvalue weighted by Crippen LogP contribution is -2.15. The van der Waals surface area contributed by atoms with Gasteiger partial charge in [-0.2, -0.15) is 0 Å². The van der Waals surface area contributed by atoms with Crippen molar-refractivity contribution < 1.29 is 13.9 Å². The molecule has 0 bridgehead atoms. The Bertz CT molecular complexity index is 390. The lowest BCUT2D eigenvalue weighted by Gasteiger charge is -2.14. The molecule has 0 fully saturated rings. The maximum absolute atomic E-state index is 13.4. The van der Waals surface area contributed by atoms with E-state index in [2.05, 4.69) is 13.8 Å². The predicted molar refractivity (Wildman–Crippen MR) is 74.9 cm³/mol. The highest BCUT2D eigenvalue weighted by Gasteiger charge is 2.12. The molecular weight excluding hydrogens is 243 g/mol. The molecule has 106 valence electrons. The summed E-state index contributed by atoms with van der Waals surface area (Å²) < 4.78 is 18.8. The number of rotatable bonds is 9. The SMILES string of the molecule is CCCCC(CC)COCC(=O)c1ccccc1F. The summed E-state index contributed by atoms with van der Waals surface area (Å²) in [5.41, 5.74) is 0.115. The number of hydrogen-bond donors (Lipinski definition) is 0. The standard InChI is InChI=1S/C16H23FO2/c1-3-5-8-13(4-2)11-19-12-16(18)14-9-6-7-10-15(14)17/h6-7,9-10,13H,3-5,8,11-12H2,1-2H3. The molecule has 3 heteroatoms. The molecule has 1 aromatic rings. The number of benzene rings is 1. The van der Waals surface area contributed by atoms with Gasteiger partial charge in [-0.3, -0.25) is 4.79 Å². The zero-order valence-electron chi connectivity index (χ0n) is 11.8. The number of carbonyl (C=O) groups excluding carboxylic acids is 1. The molecule has 0 saturated carbocycles. The minimum Gasteiger partial charge on any atom is -0.373 e. The van der Waals surface area contributed by atoms with E-state index in [0.29, 0.717) is 12.5 Å². The molecule has 0 radical (unpaired) electrons. The van der Waals surface area contributed by atoms with Gasteiger partial charge in [-0.05, 0) is 24.5 Å². The normalized spacial score (nSPS) is 12.4. The van der Waals surface area contributed by atoms with E-state index in [1.807, 2.05) is 0 Å². The fourth-order valence-electron chi connectivity index (χ4n) is 1.98. The summed E-state index contributed by atoms with van der Waals surface area (Å²) in [4.78, 5) is 11.8. The van der Waals surface area contributed by atoms with Crippen LogP contribution in [0.2, 0.25) is 0 Å². The Morgan fingerprint density at radius 3 is 2.68 bits per heavy atom. The van der Waals surface area contributed by atoms with E-state index in [0.717, 1.165) is 12.8 Å². The van der Waals surface area contributed by atoms with Gasteiger partial charge in [-0.15, -0.1) is 0 Å². The molecule has 0 saturated heterocycles. The molecule has 0 N–H and O–H groups in total. The van der Waals surface area contributed by atoms with Crippen molar-refractivity contribution in [2.75, 3.05) is 13.2 Å². The summed E-state index contributed by atoms with van der Waals surface area (Å²) in [5.74, 6) is -0.272. The van der Waals surface area contributed by atoms with Gasteiger partial charge in [0.15, 0.2) is 5.78 Å². The zero-order valence-corrected chi connectivity index (χ0v) is 11.8. The van der Waals surface area contributed by atoms with E-state index in [4.69, 9.17) is 4.74 Å². The van der Waals surface area contributed by atoms with E-state index in [1.165, 1.54) is 25.0 Å². The number of carbonyl (C=O) groups is 1. The molecule has 1 atom stereocenters. The van der Waals surface area contributed by atoms with Gasteiger partial charge < -0.3 is 4.74 Å². The third-order valence-corrected chi connectivity index (χ3v) is 3.30. The third-order valence-electron chi connectivity index (χ3n) is 3.30. The van der Waals surface area contributed by atoms with Gasteiger partial charge in [-0.1, -0.05) is 45.2 Å². The van der Waals surface area contributed by atoms with Crippen LogP contribution in [0.4, 0.5) is 4.39 Å². The van der Waals surface area contributed by atoms with Crippen LogP contribution < -0.4 is 0 Å². The van der Waals surface area contributed by atoms with Crippen LogP contribution in [0.3, 0.4) is 0 Å². The summed E-state index contributed by atoms with van der Waals surface area (Å²) in [7, 11) is 0. The maximum atomic E-state index is 13.4. The Hall–Kier alpha value is -1.22. The van der Waals surface area contributed by atoms with Crippen molar-refractivity contribution in [2.24, 2.45) is 5.92 Å². The van der Waals surface area contributed by atoms with Crippen LogP contribution in [0, 0.1) is 11.7 Å². The van der Waals surface area contributed by atoms with E-state index in [9.17, 15) is 9.18 Å². The summed E-state index contributed by atoms with van der Waals surface area (Å²) in [6, 6.07) is 6.02. The third kappa shape index (κ3) is 5.52. The van der Waals surface area contributed by atoms with Crippen LogP contribution in [0.25, 0.3) is 0 Å². The molecule has 0 aliphatic rings.